The molecule has 0 spiro atoms. The van der Waals surface area contributed by atoms with Gasteiger partial charge in [0.25, 0.3) is 5.91 Å². The van der Waals surface area contributed by atoms with Gasteiger partial charge in [-0.1, -0.05) is 12.1 Å². The second kappa shape index (κ2) is 6.82. The molecule has 4 aliphatic rings. The molecule has 0 saturated heterocycles. The number of hydrogen-bond acceptors (Lipinski definition) is 5. The fourth-order valence-electron chi connectivity index (χ4n) is 5.77. The van der Waals surface area contributed by atoms with Crippen molar-refractivity contribution in [3.8, 4) is 5.75 Å². The smallest absolute Gasteiger partial charge is 0.312 e. The van der Waals surface area contributed by atoms with E-state index in [1.807, 2.05) is 13.0 Å². The molecular formula is C21H27NO5. The summed E-state index contributed by atoms with van der Waals surface area (Å²) in [5.74, 6) is 0.664. The molecule has 0 radical (unpaired) electrons. The second-order valence-electron chi connectivity index (χ2n) is 8.52. The first-order valence-electron chi connectivity index (χ1n) is 9.83. The molecule has 0 heterocycles. The first kappa shape index (κ1) is 18.3. The van der Waals surface area contributed by atoms with Crippen LogP contribution in [0, 0.1) is 17.3 Å². The molecule has 4 bridgehead atoms. The Labute approximate surface area is 159 Å². The van der Waals surface area contributed by atoms with E-state index in [0.717, 1.165) is 32.1 Å². The van der Waals surface area contributed by atoms with Crippen LogP contribution in [0.2, 0.25) is 0 Å². The van der Waals surface area contributed by atoms with Crippen molar-refractivity contribution >= 4 is 17.6 Å². The molecule has 0 aromatic heterocycles. The van der Waals surface area contributed by atoms with Crippen LogP contribution in [-0.4, -0.2) is 35.8 Å². The van der Waals surface area contributed by atoms with E-state index in [-0.39, 0.29) is 18.5 Å². The molecular weight excluding hydrogens is 346 g/mol. The van der Waals surface area contributed by atoms with Gasteiger partial charge in [0.1, 0.15) is 5.75 Å². The van der Waals surface area contributed by atoms with Crippen molar-refractivity contribution in [2.45, 2.75) is 51.0 Å². The summed E-state index contributed by atoms with van der Waals surface area (Å²) in [4.78, 5) is 25.1. The van der Waals surface area contributed by atoms with E-state index in [2.05, 4.69) is 5.32 Å². The highest BCUT2D eigenvalue weighted by molar-refractivity contribution is 5.94. The SMILES string of the molecule is CCOc1ccccc1NC(=O)COC(=O)C12C[C@H]3C[C@@H](CC(O)(C3)C1)C2. The summed E-state index contributed by atoms with van der Waals surface area (Å²) in [5.41, 5.74) is -0.769. The van der Waals surface area contributed by atoms with Crippen LogP contribution in [-0.2, 0) is 14.3 Å². The molecule has 1 aromatic carbocycles. The summed E-state index contributed by atoms with van der Waals surface area (Å²) in [6.07, 6.45) is 4.73. The number of carbonyl (C=O) groups is 2. The van der Waals surface area contributed by atoms with Gasteiger partial charge in [-0.3, -0.25) is 9.59 Å². The lowest BCUT2D eigenvalue weighted by Crippen LogP contribution is -2.58. The lowest BCUT2D eigenvalue weighted by atomic mass is 9.48. The number of nitrogens with one attached hydrogen (secondary N) is 1. The molecule has 6 heteroatoms. The third-order valence-corrected chi connectivity index (χ3v) is 6.26. The summed E-state index contributed by atoms with van der Waals surface area (Å²) in [5, 5.41) is 13.5. The number of carbonyl (C=O) groups excluding carboxylic acids is 2. The van der Waals surface area contributed by atoms with Gasteiger partial charge in [-0.05, 0) is 69.4 Å². The summed E-state index contributed by atoms with van der Waals surface area (Å²) in [6.45, 7) is 2.05. The van der Waals surface area contributed by atoms with Crippen LogP contribution in [0.3, 0.4) is 0 Å². The van der Waals surface area contributed by atoms with Gasteiger partial charge in [0.2, 0.25) is 0 Å². The Morgan fingerprint density at radius 2 is 1.89 bits per heavy atom. The zero-order valence-corrected chi connectivity index (χ0v) is 15.7. The van der Waals surface area contributed by atoms with Gasteiger partial charge in [0, 0.05) is 0 Å². The van der Waals surface area contributed by atoms with Crippen molar-refractivity contribution < 1.29 is 24.2 Å². The van der Waals surface area contributed by atoms with Crippen LogP contribution in [0.4, 0.5) is 5.69 Å². The van der Waals surface area contributed by atoms with Crippen molar-refractivity contribution in [1.29, 1.82) is 0 Å². The molecule has 0 aliphatic heterocycles. The van der Waals surface area contributed by atoms with Crippen molar-refractivity contribution in [3.63, 3.8) is 0 Å². The van der Waals surface area contributed by atoms with Crippen molar-refractivity contribution in [2.75, 3.05) is 18.5 Å². The summed E-state index contributed by atoms with van der Waals surface area (Å²) >= 11 is 0. The highest BCUT2D eigenvalue weighted by Crippen LogP contribution is 2.61. The minimum atomic E-state index is -0.720. The number of rotatable bonds is 6. The van der Waals surface area contributed by atoms with E-state index >= 15 is 0 Å². The zero-order chi connectivity index (χ0) is 19.1. The number of hydrogen-bond donors (Lipinski definition) is 2. The molecule has 0 unspecified atom stereocenters. The van der Waals surface area contributed by atoms with Gasteiger partial charge in [0.15, 0.2) is 6.61 Å². The monoisotopic (exact) mass is 373 g/mol. The normalized spacial score (nSPS) is 33.6. The number of para-hydroxylation sites is 2. The molecule has 6 nitrogen and oxygen atoms in total. The lowest BCUT2D eigenvalue weighted by molar-refractivity contribution is -0.196. The van der Waals surface area contributed by atoms with E-state index in [1.54, 1.807) is 18.2 Å². The van der Waals surface area contributed by atoms with E-state index < -0.39 is 11.0 Å². The van der Waals surface area contributed by atoms with Gasteiger partial charge < -0.3 is 19.9 Å². The van der Waals surface area contributed by atoms with Gasteiger partial charge >= 0.3 is 5.97 Å². The van der Waals surface area contributed by atoms with Crippen LogP contribution in [0.1, 0.15) is 45.4 Å². The highest BCUT2D eigenvalue weighted by atomic mass is 16.5. The molecule has 1 aromatic rings. The van der Waals surface area contributed by atoms with Gasteiger partial charge in [-0.15, -0.1) is 0 Å². The third-order valence-electron chi connectivity index (χ3n) is 6.26. The molecule has 27 heavy (non-hydrogen) atoms. The standard InChI is InChI=1S/C21H27NO5/c1-2-26-17-6-4-3-5-16(17)22-18(23)12-27-19(24)20-8-14-7-15(9-20)11-21(25,10-14)13-20/h3-6,14-15,25H,2,7-13H2,1H3,(H,22,23)/t14-,15-,20?,21?/m1/s1. The van der Waals surface area contributed by atoms with Crippen LogP contribution in [0.15, 0.2) is 24.3 Å². The van der Waals surface area contributed by atoms with Gasteiger partial charge in [-0.25, -0.2) is 0 Å². The summed E-state index contributed by atoms with van der Waals surface area (Å²) in [6, 6.07) is 7.17. The Morgan fingerprint density at radius 1 is 1.19 bits per heavy atom. The Balaban J connectivity index is 1.36. The molecule has 4 aliphatic carbocycles. The molecule has 4 fully saturated rings. The quantitative estimate of drug-likeness (QED) is 0.749. The minimum Gasteiger partial charge on any atom is -0.492 e. The van der Waals surface area contributed by atoms with E-state index in [1.165, 1.54) is 0 Å². The van der Waals surface area contributed by atoms with Crippen LogP contribution in [0.5, 0.6) is 5.75 Å². The van der Waals surface area contributed by atoms with Gasteiger partial charge in [-0.2, -0.15) is 0 Å². The summed E-state index contributed by atoms with van der Waals surface area (Å²) in [7, 11) is 0. The fraction of sp³-hybridized carbons (Fsp3) is 0.619. The topological polar surface area (TPSA) is 84.9 Å². The number of esters is 1. The van der Waals surface area contributed by atoms with Crippen LogP contribution >= 0.6 is 0 Å². The van der Waals surface area contributed by atoms with Crippen molar-refractivity contribution in [1.82, 2.24) is 0 Å². The molecule has 2 N–H and O–H groups in total. The highest BCUT2D eigenvalue weighted by Gasteiger charge is 2.60. The van der Waals surface area contributed by atoms with Crippen molar-refractivity contribution in [3.05, 3.63) is 24.3 Å². The summed E-state index contributed by atoms with van der Waals surface area (Å²) < 4.78 is 10.9. The van der Waals surface area contributed by atoms with Crippen LogP contribution < -0.4 is 10.1 Å². The van der Waals surface area contributed by atoms with E-state index in [4.69, 9.17) is 9.47 Å². The Morgan fingerprint density at radius 3 is 2.56 bits per heavy atom. The predicted octanol–water partition coefficient (Wildman–Crippen LogP) is 2.90. The molecule has 1 amide bonds. The molecule has 2 atom stereocenters. The molecule has 5 rings (SSSR count). The first-order chi connectivity index (χ1) is 12.9. The number of ether oxygens (including phenoxy) is 2. The van der Waals surface area contributed by atoms with E-state index in [0.29, 0.717) is 36.3 Å². The number of anilines is 1. The van der Waals surface area contributed by atoms with E-state index in [9.17, 15) is 14.7 Å². The lowest BCUT2D eigenvalue weighted by Gasteiger charge is -2.58. The van der Waals surface area contributed by atoms with Crippen LogP contribution in [0.25, 0.3) is 0 Å². The molecule has 4 saturated carbocycles. The Kier molecular flexibility index (Phi) is 4.62. The fourth-order valence-corrected chi connectivity index (χ4v) is 5.77. The number of amides is 1. The first-order valence-corrected chi connectivity index (χ1v) is 9.83. The molecule has 146 valence electrons. The average Bonchev–Trinajstić information content (AvgIpc) is 2.59. The maximum absolute atomic E-state index is 12.8. The Hall–Kier alpha value is -2.08. The van der Waals surface area contributed by atoms with Gasteiger partial charge in [0.05, 0.1) is 23.3 Å². The predicted molar refractivity (Wildman–Crippen MR) is 99.3 cm³/mol. The number of benzene rings is 1. The largest absolute Gasteiger partial charge is 0.492 e. The maximum Gasteiger partial charge on any atom is 0.312 e. The average molecular weight is 373 g/mol. The Bertz CT molecular complexity index is 732. The second-order valence-corrected chi connectivity index (χ2v) is 8.52. The zero-order valence-electron chi connectivity index (χ0n) is 15.7. The number of aliphatic hydroxyl groups is 1. The van der Waals surface area contributed by atoms with Crippen molar-refractivity contribution in [2.24, 2.45) is 17.3 Å². The third kappa shape index (κ3) is 3.55. The minimum absolute atomic E-state index is 0.325. The maximum atomic E-state index is 12.8.